The molecule has 0 aromatic carbocycles. The van der Waals surface area contributed by atoms with Crippen LogP contribution in [0.2, 0.25) is 0 Å². The zero-order chi connectivity index (χ0) is 16.4. The van der Waals surface area contributed by atoms with Crippen molar-refractivity contribution in [1.29, 1.82) is 0 Å². The van der Waals surface area contributed by atoms with Gasteiger partial charge in [-0.15, -0.1) is 0 Å². The van der Waals surface area contributed by atoms with Crippen LogP contribution >= 0.6 is 0 Å². The van der Waals surface area contributed by atoms with E-state index in [1.165, 1.54) is 0 Å². The van der Waals surface area contributed by atoms with Crippen molar-refractivity contribution in [3.05, 3.63) is 47.9 Å². The fraction of sp³-hybridized carbons (Fsp3) is 0.375. The third-order valence-electron chi connectivity index (χ3n) is 3.98. The summed E-state index contributed by atoms with van der Waals surface area (Å²) in [6.07, 6.45) is 5.81. The maximum absolute atomic E-state index is 12.2. The third kappa shape index (κ3) is 3.00. The van der Waals surface area contributed by atoms with Gasteiger partial charge in [0.25, 0.3) is 11.8 Å². The molecule has 0 saturated carbocycles. The lowest BCUT2D eigenvalue weighted by atomic mass is 10.2. The minimum atomic E-state index is -0.137. The predicted molar refractivity (Wildman–Crippen MR) is 83.5 cm³/mol. The van der Waals surface area contributed by atoms with Crippen LogP contribution in [0.25, 0.3) is 5.52 Å². The quantitative estimate of drug-likeness (QED) is 0.764. The maximum atomic E-state index is 12.2. The number of amides is 1. The molecule has 8 nitrogen and oxygen atoms in total. The van der Waals surface area contributed by atoms with Gasteiger partial charge in [0.15, 0.2) is 5.82 Å². The van der Waals surface area contributed by atoms with Gasteiger partial charge in [0.2, 0.25) is 0 Å². The average Bonchev–Trinajstić information content (AvgIpc) is 3.34. The van der Waals surface area contributed by atoms with Crippen molar-refractivity contribution in [3.8, 4) is 0 Å². The molecule has 3 aromatic rings. The van der Waals surface area contributed by atoms with Crippen molar-refractivity contribution in [2.24, 2.45) is 0 Å². The zero-order valence-electron chi connectivity index (χ0n) is 13.0. The molecule has 1 saturated heterocycles. The molecule has 1 aliphatic rings. The van der Waals surface area contributed by atoms with Crippen molar-refractivity contribution >= 4 is 11.4 Å². The van der Waals surface area contributed by atoms with Crippen LogP contribution in [-0.2, 0) is 11.2 Å². The molecule has 1 fully saturated rings. The van der Waals surface area contributed by atoms with Gasteiger partial charge in [-0.05, 0) is 31.0 Å². The van der Waals surface area contributed by atoms with Gasteiger partial charge >= 0.3 is 0 Å². The second-order valence-electron chi connectivity index (χ2n) is 5.67. The Morgan fingerprint density at radius 3 is 3.25 bits per heavy atom. The van der Waals surface area contributed by atoms with E-state index in [0.29, 0.717) is 30.2 Å². The number of aromatic nitrogens is 4. The van der Waals surface area contributed by atoms with E-state index < -0.39 is 0 Å². The molecule has 1 unspecified atom stereocenters. The second kappa shape index (κ2) is 6.40. The molecule has 0 bridgehead atoms. The fourth-order valence-corrected chi connectivity index (χ4v) is 2.73. The third-order valence-corrected chi connectivity index (χ3v) is 3.98. The van der Waals surface area contributed by atoms with Crippen LogP contribution in [0, 0.1) is 0 Å². The topological polar surface area (TPSA) is 94.5 Å². The Balaban J connectivity index is 1.32. The molecule has 0 radical (unpaired) electrons. The monoisotopic (exact) mass is 327 g/mol. The Labute approximate surface area is 137 Å². The minimum absolute atomic E-state index is 0.0803. The van der Waals surface area contributed by atoms with E-state index in [0.717, 1.165) is 25.0 Å². The van der Waals surface area contributed by atoms with Crippen molar-refractivity contribution in [3.63, 3.8) is 0 Å². The lowest BCUT2D eigenvalue weighted by Crippen LogP contribution is -2.26. The Kier molecular flexibility index (Phi) is 3.96. The van der Waals surface area contributed by atoms with E-state index in [2.05, 4.69) is 20.6 Å². The zero-order valence-corrected chi connectivity index (χ0v) is 13.0. The number of hydrogen-bond acceptors (Lipinski definition) is 6. The van der Waals surface area contributed by atoms with Crippen LogP contribution in [0.1, 0.15) is 41.0 Å². The van der Waals surface area contributed by atoms with E-state index in [1.54, 1.807) is 29.0 Å². The Morgan fingerprint density at radius 1 is 1.42 bits per heavy atom. The first kappa shape index (κ1) is 14.8. The highest BCUT2D eigenvalue weighted by Gasteiger charge is 2.23. The van der Waals surface area contributed by atoms with Crippen molar-refractivity contribution in [1.82, 2.24) is 25.1 Å². The van der Waals surface area contributed by atoms with Crippen LogP contribution in [0.4, 0.5) is 0 Å². The van der Waals surface area contributed by atoms with Crippen LogP contribution < -0.4 is 5.32 Å². The second-order valence-corrected chi connectivity index (χ2v) is 5.67. The fourth-order valence-electron chi connectivity index (χ4n) is 2.73. The number of rotatable bonds is 5. The van der Waals surface area contributed by atoms with Crippen molar-refractivity contribution in [2.45, 2.75) is 25.4 Å². The van der Waals surface area contributed by atoms with Crippen molar-refractivity contribution in [2.75, 3.05) is 13.2 Å². The summed E-state index contributed by atoms with van der Waals surface area (Å²) in [5.41, 5.74) is 1.47. The summed E-state index contributed by atoms with van der Waals surface area (Å²) in [6, 6.07) is 5.38. The number of fused-ring (bicyclic) bond motifs is 1. The number of hydrogen-bond donors (Lipinski definition) is 1. The summed E-state index contributed by atoms with van der Waals surface area (Å²) in [6.45, 7) is 1.17. The van der Waals surface area contributed by atoms with Gasteiger partial charge in [-0.2, -0.15) is 10.1 Å². The molecule has 0 spiro atoms. The molecule has 124 valence electrons. The molecule has 24 heavy (non-hydrogen) atoms. The molecule has 4 rings (SSSR count). The summed E-state index contributed by atoms with van der Waals surface area (Å²) >= 11 is 0. The van der Waals surface area contributed by atoms with Crippen LogP contribution in [0.3, 0.4) is 0 Å². The van der Waals surface area contributed by atoms with Gasteiger partial charge in [-0.1, -0.05) is 5.16 Å². The molecule has 8 heteroatoms. The van der Waals surface area contributed by atoms with Gasteiger partial charge < -0.3 is 14.6 Å². The Hall–Kier alpha value is -2.74. The first-order valence-electron chi connectivity index (χ1n) is 7.95. The summed E-state index contributed by atoms with van der Waals surface area (Å²) in [5.74, 6) is 0.966. The first-order valence-corrected chi connectivity index (χ1v) is 7.95. The van der Waals surface area contributed by atoms with Gasteiger partial charge in [0.05, 0.1) is 5.52 Å². The summed E-state index contributed by atoms with van der Waals surface area (Å²) < 4.78 is 12.4. The number of pyridine rings is 1. The average molecular weight is 327 g/mol. The Morgan fingerprint density at radius 2 is 2.38 bits per heavy atom. The van der Waals surface area contributed by atoms with Crippen LogP contribution in [-0.4, -0.2) is 38.8 Å². The van der Waals surface area contributed by atoms with Crippen molar-refractivity contribution < 1.29 is 14.1 Å². The summed E-state index contributed by atoms with van der Waals surface area (Å²) in [4.78, 5) is 16.5. The first-order chi connectivity index (χ1) is 11.8. The molecule has 1 amide bonds. The Bertz CT molecular complexity index is 850. The normalized spacial score (nSPS) is 17.4. The maximum Gasteiger partial charge on any atom is 0.255 e. The highest BCUT2D eigenvalue weighted by molar-refractivity contribution is 5.95. The molecule has 1 aliphatic heterocycles. The van der Waals surface area contributed by atoms with E-state index in [-0.39, 0.29) is 12.0 Å². The standard InChI is InChI=1S/C16H17N5O3/c22-15(11-5-8-21-12(10-11)3-7-18-21)17-6-4-14-19-16(24-20-14)13-2-1-9-23-13/h3,5,7-8,10,13H,1-2,4,6,9H2,(H,17,22). The predicted octanol–water partition coefficient (Wildman–Crippen LogP) is 1.54. The lowest BCUT2D eigenvalue weighted by molar-refractivity contribution is 0.0835. The number of carbonyl (C=O) groups is 1. The molecule has 1 N–H and O–H groups in total. The molecule has 1 atom stereocenters. The van der Waals surface area contributed by atoms with Crippen LogP contribution in [0.15, 0.2) is 35.1 Å². The summed E-state index contributed by atoms with van der Waals surface area (Å²) in [5, 5.41) is 10.9. The smallest absolute Gasteiger partial charge is 0.255 e. The van der Waals surface area contributed by atoms with E-state index in [4.69, 9.17) is 9.26 Å². The number of ether oxygens (including phenoxy) is 1. The van der Waals surface area contributed by atoms with E-state index in [9.17, 15) is 4.79 Å². The SMILES string of the molecule is O=C(NCCc1noc(C2CCCO2)n1)c1ccn2nccc2c1. The van der Waals surface area contributed by atoms with Crippen LogP contribution in [0.5, 0.6) is 0 Å². The largest absolute Gasteiger partial charge is 0.368 e. The highest BCUT2D eigenvalue weighted by Crippen LogP contribution is 2.26. The molecular weight excluding hydrogens is 310 g/mol. The highest BCUT2D eigenvalue weighted by atomic mass is 16.5. The van der Waals surface area contributed by atoms with Gasteiger partial charge in [-0.3, -0.25) is 4.79 Å². The number of nitrogens with one attached hydrogen (secondary N) is 1. The van der Waals surface area contributed by atoms with E-state index in [1.807, 2.05) is 6.07 Å². The number of nitrogens with zero attached hydrogens (tertiary/aromatic N) is 4. The van der Waals surface area contributed by atoms with Gasteiger partial charge in [0.1, 0.15) is 6.10 Å². The lowest BCUT2D eigenvalue weighted by Gasteiger charge is -2.04. The number of carbonyl (C=O) groups excluding carboxylic acids is 1. The molecule has 4 heterocycles. The molecular formula is C16H17N5O3. The molecule has 0 aliphatic carbocycles. The van der Waals surface area contributed by atoms with Gasteiger partial charge in [-0.25, -0.2) is 4.52 Å². The molecule has 3 aromatic heterocycles. The van der Waals surface area contributed by atoms with E-state index >= 15 is 0 Å². The minimum Gasteiger partial charge on any atom is -0.368 e. The summed E-state index contributed by atoms with van der Waals surface area (Å²) in [7, 11) is 0. The van der Waals surface area contributed by atoms with Gasteiger partial charge in [0, 0.05) is 37.5 Å².